The molecule has 0 unspecified atom stereocenters. The van der Waals surface area contributed by atoms with Gasteiger partial charge in [-0.1, -0.05) is 30.3 Å². The van der Waals surface area contributed by atoms with Gasteiger partial charge in [0.1, 0.15) is 11.5 Å². The Kier molecular flexibility index (Phi) is 4.13. The highest BCUT2D eigenvalue weighted by molar-refractivity contribution is 5.90. The highest BCUT2D eigenvalue weighted by atomic mass is 16.5. The number of aryl methyl sites for hydroxylation is 2. The van der Waals surface area contributed by atoms with Crippen LogP contribution in [0.1, 0.15) is 42.8 Å². The van der Waals surface area contributed by atoms with Crippen LogP contribution < -0.4 is 5.32 Å². The summed E-state index contributed by atoms with van der Waals surface area (Å²) in [5.41, 5.74) is 2.87. The normalized spacial score (nSPS) is 17.7. The van der Waals surface area contributed by atoms with Crippen molar-refractivity contribution in [2.75, 3.05) is 11.9 Å². The highest BCUT2D eigenvalue weighted by Gasteiger charge is 2.32. The molecule has 1 aromatic carbocycles. The number of anilines is 1. The molecule has 1 aliphatic heterocycles. The van der Waals surface area contributed by atoms with E-state index in [0.29, 0.717) is 0 Å². The van der Waals surface area contributed by atoms with Gasteiger partial charge >= 0.3 is 6.03 Å². The Morgan fingerprint density at radius 3 is 3.00 bits per heavy atom. The van der Waals surface area contributed by atoms with Crippen molar-refractivity contribution in [3.8, 4) is 0 Å². The third-order valence-electron chi connectivity index (χ3n) is 4.14. The zero-order chi connectivity index (χ0) is 15.5. The molecule has 3 rings (SSSR count). The Balaban J connectivity index is 1.76. The molecule has 0 bridgehead atoms. The Hall–Kier alpha value is -2.30. The fourth-order valence-electron chi connectivity index (χ4n) is 3.00. The van der Waals surface area contributed by atoms with Crippen molar-refractivity contribution in [3.05, 3.63) is 47.3 Å². The first kappa shape index (κ1) is 14.6. The number of para-hydroxylation sites is 1. The molecular formula is C17H21N3O2. The van der Waals surface area contributed by atoms with Crippen LogP contribution >= 0.6 is 0 Å². The van der Waals surface area contributed by atoms with Crippen LogP contribution in [-0.2, 0) is 6.42 Å². The lowest BCUT2D eigenvalue weighted by atomic mass is 10.1. The summed E-state index contributed by atoms with van der Waals surface area (Å²) in [6, 6.07) is 9.77. The molecule has 5 heteroatoms. The second kappa shape index (κ2) is 6.22. The second-order valence-electron chi connectivity index (χ2n) is 5.65. The molecule has 2 aromatic rings. The van der Waals surface area contributed by atoms with E-state index in [1.54, 1.807) is 0 Å². The number of nitrogens with zero attached hydrogens (tertiary/aromatic N) is 2. The smallest absolute Gasteiger partial charge is 0.322 e. The first-order valence-corrected chi connectivity index (χ1v) is 7.77. The number of hydrogen-bond acceptors (Lipinski definition) is 3. The SMILES string of the molecule is CCc1ccccc1NC(=O)N1CCC[C@H]1c1cc(C)on1. The maximum absolute atomic E-state index is 12.6. The first-order valence-electron chi connectivity index (χ1n) is 7.77. The van der Waals surface area contributed by atoms with E-state index in [0.717, 1.165) is 48.5 Å². The fraction of sp³-hybridized carbons (Fsp3) is 0.412. The van der Waals surface area contributed by atoms with Crippen LogP contribution in [0.3, 0.4) is 0 Å². The van der Waals surface area contributed by atoms with E-state index in [-0.39, 0.29) is 12.1 Å². The molecule has 1 aromatic heterocycles. The molecule has 2 amide bonds. The largest absolute Gasteiger partial charge is 0.361 e. The van der Waals surface area contributed by atoms with Crippen molar-refractivity contribution in [1.82, 2.24) is 10.1 Å². The van der Waals surface area contributed by atoms with Gasteiger partial charge in [0.15, 0.2) is 0 Å². The van der Waals surface area contributed by atoms with E-state index >= 15 is 0 Å². The average Bonchev–Trinajstić information content (AvgIpc) is 3.16. The number of carbonyl (C=O) groups excluding carboxylic acids is 1. The van der Waals surface area contributed by atoms with E-state index in [1.807, 2.05) is 42.2 Å². The van der Waals surface area contributed by atoms with Gasteiger partial charge in [0.25, 0.3) is 0 Å². The van der Waals surface area contributed by atoms with Crippen LogP contribution in [0.2, 0.25) is 0 Å². The number of amides is 2. The molecule has 5 nitrogen and oxygen atoms in total. The Bertz CT molecular complexity index is 665. The summed E-state index contributed by atoms with van der Waals surface area (Å²) in [5.74, 6) is 0.776. The van der Waals surface area contributed by atoms with Crippen molar-refractivity contribution in [2.24, 2.45) is 0 Å². The number of rotatable bonds is 3. The van der Waals surface area contributed by atoms with Crippen molar-refractivity contribution < 1.29 is 9.32 Å². The molecular weight excluding hydrogens is 278 g/mol. The van der Waals surface area contributed by atoms with Gasteiger partial charge in [-0.15, -0.1) is 0 Å². The molecule has 1 saturated heterocycles. The van der Waals surface area contributed by atoms with Gasteiger partial charge in [-0.25, -0.2) is 4.79 Å². The maximum atomic E-state index is 12.6. The van der Waals surface area contributed by atoms with Crippen LogP contribution in [0.5, 0.6) is 0 Å². The minimum Gasteiger partial charge on any atom is -0.361 e. The summed E-state index contributed by atoms with van der Waals surface area (Å²) in [6.45, 7) is 4.70. The molecule has 22 heavy (non-hydrogen) atoms. The maximum Gasteiger partial charge on any atom is 0.322 e. The summed E-state index contributed by atoms with van der Waals surface area (Å²) >= 11 is 0. The molecule has 2 heterocycles. The van der Waals surface area contributed by atoms with Crippen molar-refractivity contribution in [3.63, 3.8) is 0 Å². The van der Waals surface area contributed by atoms with Gasteiger partial charge in [0.05, 0.1) is 6.04 Å². The molecule has 0 spiro atoms. The standard InChI is InChI=1S/C17H21N3O2/c1-3-13-7-4-5-8-14(13)18-17(21)20-10-6-9-16(20)15-11-12(2)22-19-15/h4-5,7-8,11,16H,3,6,9-10H2,1-2H3,(H,18,21)/t16-/m0/s1. The molecule has 1 aliphatic rings. The minimum absolute atomic E-state index is 0.00578. The summed E-state index contributed by atoms with van der Waals surface area (Å²) in [5, 5.41) is 7.11. The van der Waals surface area contributed by atoms with Crippen molar-refractivity contribution in [2.45, 2.75) is 39.2 Å². The number of benzene rings is 1. The van der Waals surface area contributed by atoms with E-state index in [2.05, 4.69) is 17.4 Å². The molecule has 1 N–H and O–H groups in total. The molecule has 1 atom stereocenters. The van der Waals surface area contributed by atoms with Gasteiger partial charge < -0.3 is 14.7 Å². The number of carbonyl (C=O) groups is 1. The Morgan fingerprint density at radius 2 is 2.27 bits per heavy atom. The zero-order valence-corrected chi connectivity index (χ0v) is 13.0. The average molecular weight is 299 g/mol. The minimum atomic E-state index is -0.0657. The van der Waals surface area contributed by atoms with Crippen molar-refractivity contribution in [1.29, 1.82) is 0 Å². The van der Waals surface area contributed by atoms with E-state index in [1.165, 1.54) is 0 Å². The monoisotopic (exact) mass is 299 g/mol. The van der Waals surface area contributed by atoms with E-state index in [9.17, 15) is 4.79 Å². The molecule has 116 valence electrons. The number of likely N-dealkylation sites (tertiary alicyclic amines) is 1. The van der Waals surface area contributed by atoms with Gasteiger partial charge in [-0.05, 0) is 37.8 Å². The Morgan fingerprint density at radius 1 is 1.45 bits per heavy atom. The van der Waals surface area contributed by atoms with Crippen molar-refractivity contribution >= 4 is 11.7 Å². The first-order chi connectivity index (χ1) is 10.7. The van der Waals surface area contributed by atoms with Crippen LogP contribution in [0.4, 0.5) is 10.5 Å². The highest BCUT2D eigenvalue weighted by Crippen LogP contribution is 2.32. The lowest BCUT2D eigenvalue weighted by Crippen LogP contribution is -2.34. The number of hydrogen-bond donors (Lipinski definition) is 1. The van der Waals surface area contributed by atoms with Crippen LogP contribution in [-0.4, -0.2) is 22.6 Å². The number of nitrogens with one attached hydrogen (secondary N) is 1. The third-order valence-corrected chi connectivity index (χ3v) is 4.14. The molecule has 1 fully saturated rings. The van der Waals surface area contributed by atoms with Crippen LogP contribution in [0.25, 0.3) is 0 Å². The Labute approximate surface area is 130 Å². The van der Waals surface area contributed by atoms with Gasteiger partial charge in [0, 0.05) is 18.3 Å². The molecule has 0 saturated carbocycles. The quantitative estimate of drug-likeness (QED) is 0.934. The lowest BCUT2D eigenvalue weighted by Gasteiger charge is -2.24. The molecule has 0 aliphatic carbocycles. The van der Waals surface area contributed by atoms with E-state index < -0.39 is 0 Å². The number of urea groups is 1. The van der Waals surface area contributed by atoms with Crippen LogP contribution in [0.15, 0.2) is 34.9 Å². The lowest BCUT2D eigenvalue weighted by molar-refractivity contribution is 0.204. The van der Waals surface area contributed by atoms with Gasteiger partial charge in [-0.3, -0.25) is 0 Å². The summed E-state index contributed by atoms with van der Waals surface area (Å²) in [4.78, 5) is 14.5. The van der Waals surface area contributed by atoms with E-state index in [4.69, 9.17) is 4.52 Å². The predicted molar refractivity (Wildman–Crippen MR) is 84.8 cm³/mol. The third kappa shape index (κ3) is 2.84. The topological polar surface area (TPSA) is 58.4 Å². The molecule has 0 radical (unpaired) electrons. The number of aromatic nitrogens is 1. The fourth-order valence-corrected chi connectivity index (χ4v) is 3.00. The summed E-state index contributed by atoms with van der Waals surface area (Å²) < 4.78 is 5.15. The summed E-state index contributed by atoms with van der Waals surface area (Å²) in [6.07, 6.45) is 2.80. The van der Waals surface area contributed by atoms with Crippen LogP contribution in [0, 0.1) is 6.92 Å². The van der Waals surface area contributed by atoms with Gasteiger partial charge in [0.2, 0.25) is 0 Å². The summed E-state index contributed by atoms with van der Waals surface area (Å²) in [7, 11) is 0. The zero-order valence-electron chi connectivity index (χ0n) is 13.0. The van der Waals surface area contributed by atoms with Gasteiger partial charge in [-0.2, -0.15) is 0 Å². The second-order valence-corrected chi connectivity index (χ2v) is 5.65. The predicted octanol–water partition coefficient (Wildman–Crippen LogP) is 3.91.